The standard InChI is InChI=1S/C52H73BrN10O12/c1-9-27(6)41(62-49(72)42(66)28(7)10-2)48(71)59-34(11-3)46(69)60-35-14-12-20-54-45(68)38(24-33-32-18-17-31(64)23-36(32)58-44(33)53)57-40(65)19-16-30-25-75-51(56-30)29(8)55-50(73)43(67)37(22-26(4)5)61-47(70)39-15-13-21-63(39)52(35)74/h16-19,23,25-29,34-35,37-39,41-42,58,64,66H,9-15,20-22,24H2,1-8H3,(H,54,68)(H,55,73)(H,57,65)(H,59,71)(H,60,69)(H,61,70)(H,62,72)/b19-16+/t27-,28?,29-,34-,35-,37-,38?,39-,41-,42?/m0/s1. The number of carbonyl (C=O) groups excluding carboxylic acids is 9. The van der Waals surface area contributed by atoms with E-state index in [4.69, 9.17) is 4.42 Å². The Kier molecular flexibility index (Phi) is 21.5. The van der Waals surface area contributed by atoms with E-state index in [1.165, 1.54) is 36.3 Å². The largest absolute Gasteiger partial charge is 0.508 e. The van der Waals surface area contributed by atoms with E-state index in [2.05, 4.69) is 63.1 Å². The van der Waals surface area contributed by atoms with Gasteiger partial charge in [0.05, 0.1) is 16.2 Å². The first-order valence-corrected chi connectivity index (χ1v) is 26.6. The summed E-state index contributed by atoms with van der Waals surface area (Å²) in [6, 6.07) is -3.47. The van der Waals surface area contributed by atoms with E-state index in [0.29, 0.717) is 40.3 Å². The molecule has 1 aromatic carbocycles. The van der Waals surface area contributed by atoms with Crippen molar-refractivity contribution in [3.63, 3.8) is 0 Å². The first-order valence-electron chi connectivity index (χ1n) is 25.8. The molecule has 0 saturated carbocycles. The molecule has 10 atom stereocenters. The molecule has 3 unspecified atom stereocenters. The van der Waals surface area contributed by atoms with Crippen molar-refractivity contribution in [2.75, 3.05) is 13.1 Å². The number of H-pyrrole nitrogens is 1. The molecule has 1 fully saturated rings. The Morgan fingerprint density at radius 1 is 0.867 bits per heavy atom. The topological polar surface area (TPSA) is 323 Å². The van der Waals surface area contributed by atoms with Gasteiger partial charge in [-0.1, -0.05) is 61.3 Å². The molecule has 75 heavy (non-hydrogen) atoms. The molecule has 8 amide bonds. The molecule has 1 saturated heterocycles. The number of nitrogens with zero attached hydrogens (tertiary/aromatic N) is 2. The molecule has 2 bridgehead atoms. The molecular weight excluding hydrogens is 1040 g/mol. The number of Topliss-reactive ketones (excluding diaryl/α,β-unsaturated/α-hetero) is 1. The molecule has 22 nitrogen and oxygen atoms in total. The smallest absolute Gasteiger partial charge is 0.290 e. The zero-order chi connectivity index (χ0) is 55.3. The van der Waals surface area contributed by atoms with Gasteiger partial charge in [-0.15, -0.1) is 0 Å². The minimum Gasteiger partial charge on any atom is -0.508 e. The lowest BCUT2D eigenvalue weighted by Gasteiger charge is -2.31. The van der Waals surface area contributed by atoms with Crippen LogP contribution in [0.25, 0.3) is 17.0 Å². The monoisotopic (exact) mass is 1110 g/mol. The molecular formula is C52H73BrN10O12. The summed E-state index contributed by atoms with van der Waals surface area (Å²) in [5.74, 6) is -7.64. The molecule has 0 spiro atoms. The molecule has 10 N–H and O–H groups in total. The van der Waals surface area contributed by atoms with Crippen LogP contribution in [0.4, 0.5) is 0 Å². The summed E-state index contributed by atoms with van der Waals surface area (Å²) in [5, 5.41) is 40.4. The number of carbonyl (C=O) groups is 9. The predicted octanol–water partition coefficient (Wildman–Crippen LogP) is 2.86. The normalized spacial score (nSPS) is 23.1. The van der Waals surface area contributed by atoms with Gasteiger partial charge in [-0.2, -0.15) is 0 Å². The number of hydrogen-bond acceptors (Lipinski definition) is 13. The fourth-order valence-electron chi connectivity index (χ4n) is 8.95. The van der Waals surface area contributed by atoms with Crippen LogP contribution >= 0.6 is 15.9 Å². The molecule has 2 aliphatic rings. The van der Waals surface area contributed by atoms with Crippen molar-refractivity contribution in [2.24, 2.45) is 17.8 Å². The number of aromatic hydroxyl groups is 1. The van der Waals surface area contributed by atoms with E-state index in [0.717, 1.165) is 6.08 Å². The quantitative estimate of drug-likeness (QED) is 0.0981. The number of aliphatic hydroxyl groups excluding tert-OH is 1. The van der Waals surface area contributed by atoms with Gasteiger partial charge in [0.2, 0.25) is 53.0 Å². The van der Waals surface area contributed by atoms with E-state index < -0.39 is 107 Å². The lowest BCUT2D eigenvalue weighted by atomic mass is 9.96. The highest BCUT2D eigenvalue weighted by atomic mass is 79.9. The van der Waals surface area contributed by atoms with E-state index in [-0.39, 0.29) is 80.8 Å². The van der Waals surface area contributed by atoms with Crippen molar-refractivity contribution in [3.8, 4) is 5.75 Å². The van der Waals surface area contributed by atoms with Crippen molar-refractivity contribution in [1.29, 1.82) is 0 Å². The van der Waals surface area contributed by atoms with E-state index in [1.807, 2.05) is 27.7 Å². The number of phenols is 1. The molecule has 0 aliphatic carbocycles. The van der Waals surface area contributed by atoms with Crippen LogP contribution in [0.5, 0.6) is 5.75 Å². The number of aliphatic hydroxyl groups is 1. The maximum absolute atomic E-state index is 14.8. The average molecular weight is 1110 g/mol. The van der Waals surface area contributed by atoms with Crippen LogP contribution in [0.2, 0.25) is 0 Å². The summed E-state index contributed by atoms with van der Waals surface area (Å²) in [6.45, 7) is 14.0. The Balaban J connectivity index is 1.46. The van der Waals surface area contributed by atoms with Gasteiger partial charge in [-0.3, -0.25) is 43.2 Å². The highest BCUT2D eigenvalue weighted by Crippen LogP contribution is 2.30. The predicted molar refractivity (Wildman–Crippen MR) is 280 cm³/mol. The third kappa shape index (κ3) is 15.7. The van der Waals surface area contributed by atoms with E-state index >= 15 is 0 Å². The Morgan fingerprint density at radius 3 is 2.27 bits per heavy atom. The number of nitrogens with one attached hydrogen (secondary N) is 8. The van der Waals surface area contributed by atoms with E-state index in [1.54, 1.807) is 26.8 Å². The fraction of sp³-hybridized carbons (Fsp3) is 0.577. The van der Waals surface area contributed by atoms with Crippen molar-refractivity contribution >= 4 is 85.9 Å². The molecule has 410 valence electrons. The highest BCUT2D eigenvalue weighted by molar-refractivity contribution is 9.10. The minimum atomic E-state index is -1.37. The Bertz CT molecular complexity index is 2600. The number of benzene rings is 1. The Labute approximate surface area is 444 Å². The van der Waals surface area contributed by atoms with Crippen molar-refractivity contribution in [2.45, 2.75) is 162 Å². The van der Waals surface area contributed by atoms with Gasteiger partial charge in [-0.25, -0.2) is 4.98 Å². The molecule has 5 rings (SSSR count). The number of fused-ring (bicyclic) bond motifs is 4. The lowest BCUT2D eigenvalue weighted by Crippen LogP contribution is -2.60. The van der Waals surface area contributed by atoms with Crippen LogP contribution in [-0.4, -0.2) is 134 Å². The second kappa shape index (κ2) is 27.3. The molecule has 23 heteroatoms. The molecule has 4 heterocycles. The lowest BCUT2D eigenvalue weighted by molar-refractivity contribution is -0.144. The summed E-state index contributed by atoms with van der Waals surface area (Å²) in [7, 11) is 0. The molecule has 2 aromatic heterocycles. The first kappa shape index (κ1) is 59.3. The number of phenolic OH excluding ortho intramolecular Hbond substituents is 1. The summed E-state index contributed by atoms with van der Waals surface area (Å²) < 4.78 is 6.08. The average Bonchev–Trinajstić information content (AvgIpc) is 4.14. The van der Waals surface area contributed by atoms with Gasteiger partial charge in [0, 0.05) is 37.0 Å². The van der Waals surface area contributed by atoms with Gasteiger partial charge in [0.15, 0.2) is 0 Å². The molecule has 3 aromatic rings. The third-order valence-electron chi connectivity index (χ3n) is 13.8. The van der Waals surface area contributed by atoms with Crippen LogP contribution in [0.15, 0.2) is 39.6 Å². The number of aromatic nitrogens is 2. The highest BCUT2D eigenvalue weighted by Gasteiger charge is 2.41. The van der Waals surface area contributed by atoms with Crippen LogP contribution < -0.4 is 37.2 Å². The fourth-order valence-corrected chi connectivity index (χ4v) is 9.54. The molecule has 2 aliphatic heterocycles. The maximum atomic E-state index is 14.8. The van der Waals surface area contributed by atoms with Gasteiger partial charge in [0.25, 0.3) is 5.91 Å². The number of oxazole rings is 1. The van der Waals surface area contributed by atoms with Gasteiger partial charge < -0.3 is 61.7 Å². The number of hydrogen-bond donors (Lipinski definition) is 10. The van der Waals surface area contributed by atoms with Gasteiger partial charge >= 0.3 is 0 Å². The summed E-state index contributed by atoms with van der Waals surface area (Å²) in [6.07, 6.45) is 4.04. The van der Waals surface area contributed by atoms with Crippen molar-refractivity contribution < 1.29 is 57.8 Å². The second-order valence-electron chi connectivity index (χ2n) is 20.0. The van der Waals surface area contributed by atoms with E-state index in [9.17, 15) is 53.4 Å². The number of rotatable bonds is 15. The van der Waals surface area contributed by atoms with Crippen LogP contribution in [0.3, 0.4) is 0 Å². The number of ketones is 1. The Hall–Kier alpha value is -6.62. The second-order valence-corrected chi connectivity index (χ2v) is 20.8. The number of halogens is 1. The third-order valence-corrected chi connectivity index (χ3v) is 14.5. The SMILES string of the molecule is CCC(C)C(O)C(=O)N[C@H](C(=O)N[C@@H](CC)C(=O)N[C@H]1CCCNC(=O)C(Cc2c(Br)[nH]c3cc(O)ccc23)NC(=O)/C=C/c2coc(n2)[C@H](C)NC(=O)C(=O)[C@H](CC(C)C)NC(=O)[C@@H]2CCCN2C1=O)[C@@H](C)CC. The van der Waals surface area contributed by atoms with Crippen molar-refractivity contribution in [1.82, 2.24) is 52.1 Å². The van der Waals surface area contributed by atoms with Gasteiger partial charge in [-0.05, 0) is 103 Å². The van der Waals surface area contributed by atoms with Crippen LogP contribution in [0, 0.1) is 17.8 Å². The molecule has 0 radical (unpaired) electrons. The van der Waals surface area contributed by atoms with Crippen molar-refractivity contribution in [3.05, 3.63) is 52.3 Å². The first-order chi connectivity index (χ1) is 35.6. The summed E-state index contributed by atoms with van der Waals surface area (Å²) >= 11 is 3.51. The van der Waals surface area contributed by atoms with Crippen LogP contribution in [0.1, 0.15) is 130 Å². The van der Waals surface area contributed by atoms with Gasteiger partial charge in [0.1, 0.15) is 60.1 Å². The summed E-state index contributed by atoms with van der Waals surface area (Å²) in [4.78, 5) is 134. The maximum Gasteiger partial charge on any atom is 0.290 e. The number of aromatic amines is 1. The summed E-state index contributed by atoms with van der Waals surface area (Å²) in [5.41, 5.74) is 1.37. The zero-order valence-electron chi connectivity index (χ0n) is 43.8. The minimum absolute atomic E-state index is 0.00833. The number of amides is 8. The van der Waals surface area contributed by atoms with Crippen LogP contribution in [-0.2, 0) is 49.6 Å². The Morgan fingerprint density at radius 2 is 1.59 bits per heavy atom. The zero-order valence-corrected chi connectivity index (χ0v) is 45.4.